The van der Waals surface area contributed by atoms with Crippen molar-refractivity contribution in [2.24, 2.45) is 0 Å². The Kier molecular flexibility index (Phi) is 8.45. The number of hydrogen-bond acceptors (Lipinski definition) is 4. The normalized spacial score (nSPS) is 11.4. The first kappa shape index (κ1) is 34.3. The topological polar surface area (TPSA) is 51.8 Å². The largest absolute Gasteiger partial charge is 0.456 e. The van der Waals surface area contributed by atoms with E-state index in [1.165, 1.54) is 33.0 Å². The van der Waals surface area contributed by atoms with Gasteiger partial charge in [-0.25, -0.2) is 15.0 Å². The molecule has 0 aliphatic carbocycles. The van der Waals surface area contributed by atoms with E-state index in [2.05, 4.69) is 170 Å². The lowest BCUT2D eigenvalue weighted by atomic mass is 9.95. The third-order valence-electron chi connectivity index (χ3n) is 11.1. The van der Waals surface area contributed by atoms with Crippen molar-refractivity contribution in [2.45, 2.75) is 0 Å². The Bertz CT molecular complexity index is 3300. The second-order valence-corrected chi connectivity index (χ2v) is 14.8. The molecule has 0 amide bonds. The lowest BCUT2D eigenvalue weighted by molar-refractivity contribution is 0.669. The number of hydrogen-bond donors (Lipinski definition) is 0. The highest BCUT2D eigenvalue weighted by Gasteiger charge is 2.17. The zero-order chi connectivity index (χ0) is 39.1. The van der Waals surface area contributed by atoms with Crippen molar-refractivity contribution in [2.75, 3.05) is 0 Å². The van der Waals surface area contributed by atoms with E-state index in [0.29, 0.717) is 17.5 Å². The van der Waals surface area contributed by atoms with Crippen LogP contribution < -0.4 is 0 Å². The fraction of sp³-hybridized carbons (Fsp3) is 0. The zero-order valence-corrected chi connectivity index (χ0v) is 32.0. The number of benzene rings is 9. The summed E-state index contributed by atoms with van der Waals surface area (Å²) in [5.41, 5.74) is 13.6. The van der Waals surface area contributed by atoms with Gasteiger partial charge in [0.05, 0.1) is 0 Å². The van der Waals surface area contributed by atoms with E-state index >= 15 is 0 Å². The minimum Gasteiger partial charge on any atom is -0.456 e. The number of nitrogens with zero attached hydrogens (tertiary/aromatic N) is 3. The number of rotatable bonds is 7. The molecule has 0 unspecified atom stereocenters. The Morgan fingerprint density at radius 3 is 1.46 bits per heavy atom. The SMILES string of the molecule is c1ccc(-c2ccc(-c3cccc(-c4cccc5oc6cc(-c7nc(-c8ccccc8)nc(-c8ccc(-c9ccc%10ccccc%10c9)cc8)n7)ccc6c45)c3)cc2)cc1. The Hall–Kier alpha value is -7.95. The Morgan fingerprint density at radius 2 is 0.746 bits per heavy atom. The van der Waals surface area contributed by atoms with Gasteiger partial charge in [-0.15, -0.1) is 0 Å². The fourth-order valence-electron chi connectivity index (χ4n) is 8.09. The van der Waals surface area contributed by atoms with E-state index in [9.17, 15) is 0 Å². The number of aromatic nitrogens is 3. The van der Waals surface area contributed by atoms with E-state index in [-0.39, 0.29) is 0 Å². The van der Waals surface area contributed by atoms with Crippen LogP contribution in [0, 0.1) is 0 Å². The molecule has 0 spiro atoms. The smallest absolute Gasteiger partial charge is 0.164 e. The first-order valence-corrected chi connectivity index (χ1v) is 19.8. The van der Waals surface area contributed by atoms with E-state index in [1.807, 2.05) is 42.5 Å². The molecule has 0 atom stereocenters. The average molecular weight is 754 g/mol. The van der Waals surface area contributed by atoms with Crippen molar-refractivity contribution in [3.8, 4) is 78.7 Å². The predicted octanol–water partition coefficient (Wildman–Crippen LogP) is 14.6. The second-order valence-electron chi connectivity index (χ2n) is 14.8. The summed E-state index contributed by atoms with van der Waals surface area (Å²) in [7, 11) is 0. The van der Waals surface area contributed by atoms with Gasteiger partial charge < -0.3 is 4.42 Å². The fourth-order valence-corrected chi connectivity index (χ4v) is 8.09. The van der Waals surface area contributed by atoms with Crippen LogP contribution in [0.5, 0.6) is 0 Å². The molecule has 4 heteroatoms. The molecule has 0 aliphatic rings. The minimum absolute atomic E-state index is 0.584. The first-order chi connectivity index (χ1) is 29.2. The van der Waals surface area contributed by atoms with Crippen molar-refractivity contribution in [1.29, 1.82) is 0 Å². The molecule has 0 radical (unpaired) electrons. The van der Waals surface area contributed by atoms with Crippen molar-refractivity contribution in [3.63, 3.8) is 0 Å². The molecule has 9 aromatic carbocycles. The summed E-state index contributed by atoms with van der Waals surface area (Å²) in [6.45, 7) is 0. The van der Waals surface area contributed by atoms with Gasteiger partial charge in [0.15, 0.2) is 17.5 Å². The highest BCUT2D eigenvalue weighted by Crippen LogP contribution is 2.39. The molecule has 2 heterocycles. The van der Waals surface area contributed by atoms with Crippen molar-refractivity contribution >= 4 is 32.7 Å². The average Bonchev–Trinajstić information content (AvgIpc) is 3.70. The molecular weight excluding hydrogens is 719 g/mol. The van der Waals surface area contributed by atoms with E-state index in [0.717, 1.165) is 60.9 Å². The van der Waals surface area contributed by atoms with Crippen LogP contribution in [0.3, 0.4) is 0 Å². The maximum absolute atomic E-state index is 6.59. The second kappa shape index (κ2) is 14.5. The van der Waals surface area contributed by atoms with Gasteiger partial charge in [-0.05, 0) is 85.6 Å². The summed E-state index contributed by atoms with van der Waals surface area (Å²) >= 11 is 0. The summed E-state index contributed by atoms with van der Waals surface area (Å²) in [4.78, 5) is 15.1. The lowest BCUT2D eigenvalue weighted by Gasteiger charge is -2.10. The summed E-state index contributed by atoms with van der Waals surface area (Å²) < 4.78 is 6.59. The maximum atomic E-state index is 6.59. The Balaban J connectivity index is 0.956. The van der Waals surface area contributed by atoms with Crippen LogP contribution in [0.15, 0.2) is 217 Å². The van der Waals surface area contributed by atoms with Gasteiger partial charge in [-0.1, -0.05) is 182 Å². The van der Waals surface area contributed by atoms with Crippen LogP contribution in [0.1, 0.15) is 0 Å². The van der Waals surface area contributed by atoms with E-state index < -0.39 is 0 Å². The van der Waals surface area contributed by atoms with Crippen LogP contribution in [0.4, 0.5) is 0 Å². The van der Waals surface area contributed by atoms with Crippen LogP contribution in [-0.4, -0.2) is 15.0 Å². The van der Waals surface area contributed by atoms with Crippen LogP contribution in [0.25, 0.3) is 111 Å². The van der Waals surface area contributed by atoms with Gasteiger partial charge in [0, 0.05) is 27.5 Å². The zero-order valence-electron chi connectivity index (χ0n) is 32.0. The number of furan rings is 1. The van der Waals surface area contributed by atoms with Crippen molar-refractivity contribution in [3.05, 3.63) is 212 Å². The van der Waals surface area contributed by atoms with Crippen LogP contribution in [0.2, 0.25) is 0 Å². The highest BCUT2D eigenvalue weighted by molar-refractivity contribution is 6.13. The molecule has 11 rings (SSSR count). The molecule has 0 aliphatic heterocycles. The predicted molar refractivity (Wildman–Crippen MR) is 243 cm³/mol. The standard InChI is InChI=1S/C55H35N3O/c1-3-11-36(12-4-1)38-21-23-39(24-22-38)44-17-9-18-46(34-44)48-19-10-20-50-52(48)49-32-31-47(35-51(49)59-50)55-57-53(41-14-5-2-6-15-41)56-54(58-55)42-28-25-40(26-29-42)45-30-27-37-13-7-8-16-43(37)33-45/h1-35H. The van der Waals surface area contributed by atoms with Crippen molar-refractivity contribution in [1.82, 2.24) is 15.0 Å². The van der Waals surface area contributed by atoms with Crippen molar-refractivity contribution < 1.29 is 4.42 Å². The molecule has 0 N–H and O–H groups in total. The highest BCUT2D eigenvalue weighted by atomic mass is 16.3. The van der Waals surface area contributed by atoms with Crippen LogP contribution >= 0.6 is 0 Å². The lowest BCUT2D eigenvalue weighted by Crippen LogP contribution is -2.00. The molecule has 2 aromatic heterocycles. The molecule has 0 bridgehead atoms. The number of fused-ring (bicyclic) bond motifs is 4. The molecule has 0 saturated carbocycles. The van der Waals surface area contributed by atoms with Gasteiger partial charge in [-0.2, -0.15) is 0 Å². The minimum atomic E-state index is 0.584. The molecule has 276 valence electrons. The van der Waals surface area contributed by atoms with Gasteiger partial charge in [0.2, 0.25) is 0 Å². The van der Waals surface area contributed by atoms with E-state index in [1.54, 1.807) is 0 Å². The quantitative estimate of drug-likeness (QED) is 0.163. The Morgan fingerprint density at radius 1 is 0.271 bits per heavy atom. The van der Waals surface area contributed by atoms with Gasteiger partial charge in [-0.3, -0.25) is 0 Å². The Labute approximate surface area is 341 Å². The maximum Gasteiger partial charge on any atom is 0.164 e. The third-order valence-corrected chi connectivity index (χ3v) is 11.1. The summed E-state index contributed by atoms with van der Waals surface area (Å²) in [6, 6.07) is 74.2. The summed E-state index contributed by atoms with van der Waals surface area (Å²) in [6.07, 6.45) is 0. The summed E-state index contributed by atoms with van der Waals surface area (Å²) in [5, 5.41) is 4.57. The molecule has 0 fully saturated rings. The summed E-state index contributed by atoms with van der Waals surface area (Å²) in [5.74, 6) is 1.81. The molecular formula is C55H35N3O. The van der Waals surface area contributed by atoms with Crippen LogP contribution in [-0.2, 0) is 0 Å². The van der Waals surface area contributed by atoms with Gasteiger partial charge in [0.1, 0.15) is 11.2 Å². The molecule has 59 heavy (non-hydrogen) atoms. The van der Waals surface area contributed by atoms with E-state index in [4.69, 9.17) is 19.4 Å². The molecule has 0 saturated heterocycles. The van der Waals surface area contributed by atoms with Gasteiger partial charge >= 0.3 is 0 Å². The van der Waals surface area contributed by atoms with Gasteiger partial charge in [0.25, 0.3) is 0 Å². The molecule has 11 aromatic rings. The monoisotopic (exact) mass is 753 g/mol. The third kappa shape index (κ3) is 6.53. The first-order valence-electron chi connectivity index (χ1n) is 19.8. The molecule has 4 nitrogen and oxygen atoms in total.